The second-order valence-corrected chi connectivity index (χ2v) is 5.96. The molecule has 0 heterocycles. The molecule has 2 nitrogen and oxygen atoms in total. The molecule has 0 saturated carbocycles. The van der Waals surface area contributed by atoms with Crippen LogP contribution in [0.25, 0.3) is 0 Å². The van der Waals surface area contributed by atoms with Crippen LogP contribution in [0.1, 0.15) is 65.2 Å². The van der Waals surface area contributed by atoms with Gasteiger partial charge in [-0.25, -0.2) is 4.57 Å². The van der Waals surface area contributed by atoms with Gasteiger partial charge in [-0.1, -0.05) is 65.2 Å². The molecule has 1 N–H and O–H groups in total. The van der Waals surface area contributed by atoms with E-state index in [1.54, 1.807) is 10.6 Å². The summed E-state index contributed by atoms with van der Waals surface area (Å²) in [5, 5.41) is 3.12. The van der Waals surface area contributed by atoms with E-state index in [0.717, 1.165) is 15.2 Å². The Kier molecular flexibility index (Phi) is 24.8. The first kappa shape index (κ1) is 18.9. The molecule has 16 heavy (non-hydrogen) atoms. The molecule has 0 saturated heterocycles. The molecule has 0 spiro atoms. The highest BCUT2D eigenvalue weighted by Crippen LogP contribution is 2.06. The normalized spacial score (nSPS) is 9.69. The first-order valence-corrected chi connectivity index (χ1v) is 9.01. The third-order valence-corrected chi connectivity index (χ3v) is 4.16. The quantitative estimate of drug-likeness (QED) is 0.346. The molecule has 4 heteroatoms. The van der Waals surface area contributed by atoms with Crippen LogP contribution < -0.4 is 0 Å². The van der Waals surface area contributed by atoms with E-state index in [9.17, 15) is 0 Å². The molecule has 0 fully saturated rings. The monoisotopic (exact) mass is 261 g/mol. The molecule has 95 valence electrons. The Balaban J connectivity index is 0. The molecule has 0 amide bonds. The Morgan fingerprint density at radius 2 is 1.25 bits per heavy atom. The number of unbranched alkanes of at least 4 members (excludes halogenated alkanes) is 6. The van der Waals surface area contributed by atoms with E-state index in [1.165, 1.54) is 51.4 Å². The van der Waals surface area contributed by atoms with E-state index in [0.29, 0.717) is 0 Å². The Morgan fingerprint density at radius 1 is 0.875 bits per heavy atom. The van der Waals surface area contributed by atoms with Crippen molar-refractivity contribution in [1.82, 2.24) is 0 Å². The van der Waals surface area contributed by atoms with Crippen molar-refractivity contribution in [3.05, 3.63) is 0 Å². The van der Waals surface area contributed by atoms with Crippen LogP contribution in [0.15, 0.2) is 0 Å². The van der Waals surface area contributed by atoms with Crippen molar-refractivity contribution in [2.45, 2.75) is 75.8 Å². The van der Waals surface area contributed by atoms with Gasteiger partial charge in [-0.05, 0) is 0 Å². The molecule has 0 aliphatic heterocycles. The first-order valence-electron chi connectivity index (χ1n) is 6.61. The maximum absolute atomic E-state index is 8.46. The van der Waals surface area contributed by atoms with Gasteiger partial charge in [0.05, 0.1) is 0 Å². The maximum atomic E-state index is 8.46. The molecule has 0 rings (SSSR count). The second kappa shape index (κ2) is 20.9. The Morgan fingerprint density at radius 3 is 1.56 bits per heavy atom. The van der Waals surface area contributed by atoms with Crippen molar-refractivity contribution in [2.75, 3.05) is 0 Å². The van der Waals surface area contributed by atoms with Crippen LogP contribution in [0.3, 0.4) is 0 Å². The first-order chi connectivity index (χ1) is 7.83. The van der Waals surface area contributed by atoms with Crippen LogP contribution in [-0.4, -0.2) is 20.1 Å². The van der Waals surface area contributed by atoms with Crippen molar-refractivity contribution in [3.8, 4) is 0 Å². The molecule has 0 aromatic rings. The zero-order valence-corrected chi connectivity index (χ0v) is 13.0. The van der Waals surface area contributed by atoms with Gasteiger partial charge in [-0.3, -0.25) is 0 Å². The molecule has 0 aromatic heterocycles. The third-order valence-electron chi connectivity index (χ3n) is 2.52. The molecule has 0 bridgehead atoms. The van der Waals surface area contributed by atoms with Gasteiger partial charge in [0.1, 0.15) is 0 Å². The fourth-order valence-electron chi connectivity index (χ4n) is 1.58. The van der Waals surface area contributed by atoms with Crippen molar-refractivity contribution in [2.24, 2.45) is 0 Å². The molecule has 0 aromatic carbocycles. The van der Waals surface area contributed by atoms with E-state index in [-0.39, 0.29) is 0 Å². The summed E-state index contributed by atoms with van der Waals surface area (Å²) < 4.78 is 8.46. The summed E-state index contributed by atoms with van der Waals surface area (Å²) in [5.74, 6) is 0. The van der Waals surface area contributed by atoms with Crippen LogP contribution in [0.4, 0.5) is 0 Å². The minimum absolute atomic E-state index is 0.805. The highest BCUT2D eigenvalue weighted by molar-refractivity contribution is 7.16. The van der Waals surface area contributed by atoms with Crippen molar-refractivity contribution in [1.29, 1.82) is 0 Å². The standard InChI is InChI=1S/2C6H13.Al.HO2P/c2*1-3-5-6-4-2;;1-3-2/h2*1,3-6H2,2H3;;(H,1,2). The van der Waals surface area contributed by atoms with E-state index < -0.39 is 8.69 Å². The fourth-order valence-corrected chi connectivity index (χ4v) is 3.02. The summed E-state index contributed by atoms with van der Waals surface area (Å²) in [4.78, 5) is 6.99. The fraction of sp³-hybridized carbons (Fsp3) is 1.00. The lowest BCUT2D eigenvalue weighted by atomic mass is 10.2. The lowest BCUT2D eigenvalue weighted by Crippen LogP contribution is -1.89. The van der Waals surface area contributed by atoms with Gasteiger partial charge in [-0.15, -0.1) is 10.6 Å². The van der Waals surface area contributed by atoms with Crippen LogP contribution in [-0.2, 0) is 4.57 Å². The molecular formula is C12H27AlO2P. The van der Waals surface area contributed by atoms with Gasteiger partial charge in [0.2, 0.25) is 0 Å². The molecule has 0 aliphatic rings. The summed E-state index contributed by atoms with van der Waals surface area (Å²) in [5.41, 5.74) is 0. The van der Waals surface area contributed by atoms with Gasteiger partial charge in [0, 0.05) is 0 Å². The summed E-state index contributed by atoms with van der Waals surface area (Å²) in [7, 11) is -0.833. The van der Waals surface area contributed by atoms with Crippen LogP contribution >= 0.6 is 8.69 Å². The lowest BCUT2D eigenvalue weighted by molar-refractivity contribution is 0.524. The van der Waals surface area contributed by atoms with Crippen LogP contribution in [0, 0.1) is 0 Å². The highest BCUT2D eigenvalue weighted by Gasteiger charge is 1.93. The maximum Gasteiger partial charge on any atom is 0.324 e. The van der Waals surface area contributed by atoms with E-state index in [1.807, 2.05) is 0 Å². The molecular weight excluding hydrogens is 234 g/mol. The summed E-state index contributed by atoms with van der Waals surface area (Å²) in [6.07, 6.45) is 11.7. The van der Waals surface area contributed by atoms with Crippen LogP contribution in [0.2, 0.25) is 10.6 Å². The van der Waals surface area contributed by atoms with Gasteiger partial charge in [0.15, 0.2) is 15.2 Å². The largest absolute Gasteiger partial charge is 0.324 e. The van der Waals surface area contributed by atoms with Crippen LogP contribution in [0.5, 0.6) is 0 Å². The highest BCUT2D eigenvalue weighted by atomic mass is 31.1. The van der Waals surface area contributed by atoms with Crippen molar-refractivity contribution >= 4 is 23.9 Å². The van der Waals surface area contributed by atoms with Gasteiger partial charge in [-0.2, -0.15) is 0 Å². The second-order valence-electron chi connectivity index (χ2n) is 4.07. The Hall–Kier alpha value is 0.592. The number of hydrogen-bond acceptors (Lipinski definition) is 1. The number of hydrogen-bond donors (Lipinski definition) is 1. The predicted octanol–water partition coefficient (Wildman–Crippen LogP) is 4.87. The zero-order valence-electron chi connectivity index (χ0n) is 11.0. The van der Waals surface area contributed by atoms with Crippen molar-refractivity contribution in [3.63, 3.8) is 0 Å². The molecule has 0 atom stereocenters. The van der Waals surface area contributed by atoms with Gasteiger partial charge in [0.25, 0.3) is 0 Å². The molecule has 1 radical (unpaired) electrons. The minimum atomic E-state index is -0.833. The van der Waals surface area contributed by atoms with E-state index in [4.69, 9.17) is 9.46 Å². The summed E-state index contributed by atoms with van der Waals surface area (Å²) in [6.45, 7) is 4.58. The Labute approximate surface area is 109 Å². The van der Waals surface area contributed by atoms with E-state index >= 15 is 0 Å². The average molecular weight is 261 g/mol. The van der Waals surface area contributed by atoms with Gasteiger partial charge >= 0.3 is 8.69 Å². The molecule has 0 aliphatic carbocycles. The third kappa shape index (κ3) is 24.0. The smallest absolute Gasteiger partial charge is 0.310 e. The molecule has 0 unspecified atom stereocenters. The average Bonchev–Trinajstić information content (AvgIpc) is 2.28. The predicted molar refractivity (Wildman–Crippen MR) is 73.5 cm³/mol. The van der Waals surface area contributed by atoms with E-state index in [2.05, 4.69) is 13.8 Å². The number of rotatable bonds is 10. The zero-order chi connectivity index (χ0) is 12.5. The van der Waals surface area contributed by atoms with Crippen molar-refractivity contribution < 1.29 is 9.46 Å². The summed E-state index contributed by atoms with van der Waals surface area (Å²) in [6, 6.07) is 0. The topological polar surface area (TPSA) is 37.3 Å². The Bertz CT molecular complexity index is 114. The SMILES string of the molecule is CCCCC[CH2][Al][CH2]CCCCC.O=PO. The van der Waals surface area contributed by atoms with Gasteiger partial charge < -0.3 is 4.89 Å². The minimum Gasteiger partial charge on any atom is -0.310 e. The summed E-state index contributed by atoms with van der Waals surface area (Å²) >= 11 is 0.805. The lowest BCUT2D eigenvalue weighted by Gasteiger charge is -1.99.